The van der Waals surface area contributed by atoms with Gasteiger partial charge in [-0.3, -0.25) is 4.68 Å². The molecule has 1 heterocycles. The minimum Gasteiger partial charge on any atom is -0.332 e. The quantitative estimate of drug-likeness (QED) is 0.823. The van der Waals surface area contributed by atoms with Crippen LogP contribution in [0, 0.1) is 0 Å². The van der Waals surface area contributed by atoms with E-state index in [0.29, 0.717) is 23.7 Å². The third-order valence-electron chi connectivity index (χ3n) is 4.21. The summed E-state index contributed by atoms with van der Waals surface area (Å²) in [7, 11) is -1.32. The van der Waals surface area contributed by atoms with Gasteiger partial charge in [0.2, 0.25) is 0 Å². The molecule has 2 aromatic rings. The van der Waals surface area contributed by atoms with Crippen molar-refractivity contribution in [2.24, 2.45) is 7.05 Å². The number of aryl methyl sites for hydroxylation is 1. The van der Waals surface area contributed by atoms with E-state index in [1.54, 1.807) is 28.9 Å². The average molecular weight is 362 g/mol. The van der Waals surface area contributed by atoms with Gasteiger partial charge in [-0.25, -0.2) is 13.2 Å². The molecule has 25 heavy (non-hydrogen) atoms. The second-order valence-corrected chi connectivity index (χ2v) is 8.62. The molecule has 134 valence electrons. The number of rotatable bonds is 6. The Morgan fingerprint density at radius 3 is 2.72 bits per heavy atom. The predicted molar refractivity (Wildman–Crippen MR) is 96.0 cm³/mol. The predicted octanol–water partition coefficient (Wildman–Crippen LogP) is 2.16. The van der Waals surface area contributed by atoms with E-state index >= 15 is 0 Å². The summed E-state index contributed by atoms with van der Waals surface area (Å²) >= 11 is 0. The number of carbonyl (C=O) groups is 1. The van der Waals surface area contributed by atoms with Crippen molar-refractivity contribution in [2.45, 2.75) is 31.1 Å². The molecule has 8 heteroatoms. The van der Waals surface area contributed by atoms with Gasteiger partial charge in [-0.15, -0.1) is 0 Å². The molecule has 2 amide bonds. The number of anilines is 1. The zero-order chi connectivity index (χ0) is 18.0. The van der Waals surface area contributed by atoms with Gasteiger partial charge in [0.15, 0.2) is 9.84 Å². The first-order chi connectivity index (χ1) is 11.8. The van der Waals surface area contributed by atoms with Crippen LogP contribution in [0.3, 0.4) is 0 Å². The fourth-order valence-electron chi connectivity index (χ4n) is 2.81. The van der Waals surface area contributed by atoms with Gasteiger partial charge in [0, 0.05) is 19.0 Å². The largest absolute Gasteiger partial charge is 0.332 e. The summed E-state index contributed by atoms with van der Waals surface area (Å²) in [6.07, 6.45) is 5.38. The van der Waals surface area contributed by atoms with Gasteiger partial charge >= 0.3 is 6.03 Å². The zero-order valence-electron chi connectivity index (χ0n) is 14.3. The van der Waals surface area contributed by atoms with E-state index in [-0.39, 0.29) is 11.8 Å². The van der Waals surface area contributed by atoms with Gasteiger partial charge in [-0.05, 0) is 36.0 Å². The molecule has 1 aromatic carbocycles. The van der Waals surface area contributed by atoms with Crippen LogP contribution in [0.4, 0.5) is 10.5 Å². The average Bonchev–Trinajstić information content (AvgIpc) is 3.30. The van der Waals surface area contributed by atoms with Crippen LogP contribution in [0.2, 0.25) is 0 Å². The lowest BCUT2D eigenvalue weighted by Crippen LogP contribution is -2.29. The number of hydrogen-bond donors (Lipinski definition) is 2. The minimum absolute atomic E-state index is 0.114. The van der Waals surface area contributed by atoms with Crippen LogP contribution in [0.25, 0.3) is 0 Å². The number of urea groups is 1. The molecule has 1 aliphatic rings. The molecule has 0 radical (unpaired) electrons. The normalized spacial score (nSPS) is 14.3. The molecular weight excluding hydrogens is 340 g/mol. The maximum Gasteiger partial charge on any atom is 0.319 e. The molecule has 0 saturated heterocycles. The fraction of sp³-hybridized carbons (Fsp3) is 0.412. The molecule has 0 aliphatic heterocycles. The van der Waals surface area contributed by atoms with Crippen LogP contribution in [-0.2, 0) is 29.2 Å². The monoisotopic (exact) mass is 362 g/mol. The molecule has 1 fully saturated rings. The van der Waals surface area contributed by atoms with Gasteiger partial charge < -0.3 is 10.6 Å². The van der Waals surface area contributed by atoms with Crippen molar-refractivity contribution in [3.8, 4) is 0 Å². The Bertz CT molecular complexity index is 885. The Kier molecular flexibility index (Phi) is 4.80. The van der Waals surface area contributed by atoms with Gasteiger partial charge in [0.05, 0.1) is 24.2 Å². The van der Waals surface area contributed by atoms with Gasteiger partial charge in [0.1, 0.15) is 0 Å². The summed E-state index contributed by atoms with van der Waals surface area (Å²) < 4.78 is 24.8. The molecule has 3 rings (SSSR count). The van der Waals surface area contributed by atoms with Crippen molar-refractivity contribution in [3.63, 3.8) is 0 Å². The standard InChI is InChI=1S/C17H22N4O3S/c1-21-16(14(9-19-21)12-7-8-12)10-18-17(22)20-15-6-4-3-5-13(15)11-25(2,23)24/h3-6,9,12H,7-8,10-11H2,1-2H3,(H2,18,20,22). The highest BCUT2D eigenvalue weighted by molar-refractivity contribution is 7.89. The summed E-state index contributed by atoms with van der Waals surface area (Å²) in [5.41, 5.74) is 3.26. The van der Waals surface area contributed by atoms with E-state index in [2.05, 4.69) is 15.7 Å². The number of sulfone groups is 1. The number of nitrogens with one attached hydrogen (secondary N) is 2. The summed E-state index contributed by atoms with van der Waals surface area (Å²) in [6.45, 7) is 0.377. The molecule has 0 atom stereocenters. The number of carbonyl (C=O) groups excluding carboxylic acids is 1. The lowest BCUT2D eigenvalue weighted by molar-refractivity contribution is 0.251. The van der Waals surface area contributed by atoms with Crippen molar-refractivity contribution in [3.05, 3.63) is 47.3 Å². The molecule has 1 aromatic heterocycles. The number of hydrogen-bond acceptors (Lipinski definition) is 4. The van der Waals surface area contributed by atoms with E-state index in [0.717, 1.165) is 5.69 Å². The smallest absolute Gasteiger partial charge is 0.319 e. The van der Waals surface area contributed by atoms with E-state index in [4.69, 9.17) is 0 Å². The topological polar surface area (TPSA) is 93.1 Å². The Morgan fingerprint density at radius 1 is 1.32 bits per heavy atom. The molecular formula is C17H22N4O3S. The fourth-order valence-corrected chi connectivity index (χ4v) is 3.63. The molecule has 1 saturated carbocycles. The van der Waals surface area contributed by atoms with E-state index in [1.165, 1.54) is 24.7 Å². The van der Waals surface area contributed by atoms with E-state index in [1.807, 2.05) is 13.2 Å². The number of amides is 2. The Balaban J connectivity index is 1.65. The maximum absolute atomic E-state index is 12.2. The Labute approximate surface area is 147 Å². The summed E-state index contributed by atoms with van der Waals surface area (Å²) in [5.74, 6) is 0.445. The summed E-state index contributed by atoms with van der Waals surface area (Å²) in [5, 5.41) is 9.83. The second-order valence-electron chi connectivity index (χ2n) is 6.48. The zero-order valence-corrected chi connectivity index (χ0v) is 15.1. The summed E-state index contributed by atoms with van der Waals surface area (Å²) in [6, 6.07) is 6.53. The molecule has 7 nitrogen and oxygen atoms in total. The number of benzene rings is 1. The Morgan fingerprint density at radius 2 is 2.04 bits per heavy atom. The van der Waals surface area contributed by atoms with Crippen molar-refractivity contribution >= 4 is 21.6 Å². The highest BCUT2D eigenvalue weighted by Gasteiger charge is 2.28. The van der Waals surface area contributed by atoms with Crippen LogP contribution in [0.15, 0.2) is 30.5 Å². The first-order valence-corrected chi connectivity index (χ1v) is 10.2. The lowest BCUT2D eigenvalue weighted by Gasteiger charge is -2.12. The molecule has 0 unspecified atom stereocenters. The van der Waals surface area contributed by atoms with Gasteiger partial charge in [-0.2, -0.15) is 5.10 Å². The van der Waals surface area contributed by atoms with E-state index < -0.39 is 9.84 Å². The highest BCUT2D eigenvalue weighted by atomic mass is 32.2. The first-order valence-electron chi connectivity index (χ1n) is 8.15. The van der Waals surface area contributed by atoms with Crippen molar-refractivity contribution < 1.29 is 13.2 Å². The minimum atomic E-state index is -3.18. The molecule has 0 spiro atoms. The van der Waals surface area contributed by atoms with Crippen molar-refractivity contribution in [1.82, 2.24) is 15.1 Å². The SMILES string of the molecule is Cn1ncc(C2CC2)c1CNC(=O)Nc1ccccc1CS(C)(=O)=O. The number of para-hydroxylation sites is 1. The Hall–Kier alpha value is -2.35. The third-order valence-corrected chi connectivity index (χ3v) is 5.05. The maximum atomic E-state index is 12.2. The van der Waals surface area contributed by atoms with Crippen molar-refractivity contribution in [1.29, 1.82) is 0 Å². The van der Waals surface area contributed by atoms with Crippen LogP contribution in [0.1, 0.15) is 35.6 Å². The number of nitrogens with zero attached hydrogens (tertiary/aromatic N) is 2. The summed E-state index contributed by atoms with van der Waals surface area (Å²) in [4.78, 5) is 12.2. The van der Waals surface area contributed by atoms with Crippen LogP contribution < -0.4 is 10.6 Å². The lowest BCUT2D eigenvalue weighted by atomic mass is 10.1. The molecule has 0 bridgehead atoms. The molecule has 2 N–H and O–H groups in total. The van der Waals surface area contributed by atoms with Gasteiger partial charge in [0.25, 0.3) is 0 Å². The first kappa shape index (κ1) is 17.5. The van der Waals surface area contributed by atoms with Crippen LogP contribution in [-0.4, -0.2) is 30.5 Å². The molecule has 1 aliphatic carbocycles. The van der Waals surface area contributed by atoms with Crippen LogP contribution >= 0.6 is 0 Å². The van der Waals surface area contributed by atoms with Gasteiger partial charge in [-0.1, -0.05) is 18.2 Å². The van der Waals surface area contributed by atoms with E-state index in [9.17, 15) is 13.2 Å². The third kappa shape index (κ3) is 4.60. The number of aromatic nitrogens is 2. The van der Waals surface area contributed by atoms with Crippen molar-refractivity contribution in [2.75, 3.05) is 11.6 Å². The van der Waals surface area contributed by atoms with Crippen LogP contribution in [0.5, 0.6) is 0 Å². The highest BCUT2D eigenvalue weighted by Crippen LogP contribution is 2.41. The second kappa shape index (κ2) is 6.87.